The van der Waals surface area contributed by atoms with Crippen LogP contribution in [-0.4, -0.2) is 17.1 Å². The van der Waals surface area contributed by atoms with Crippen molar-refractivity contribution in [3.63, 3.8) is 0 Å². The Kier molecular flexibility index (Phi) is 6.61. The molecule has 0 unspecified atom stereocenters. The minimum absolute atomic E-state index is 0.196. The van der Waals surface area contributed by atoms with Gasteiger partial charge in [-0.15, -0.1) is 0 Å². The Morgan fingerprint density at radius 2 is 1.45 bits per heavy atom. The van der Waals surface area contributed by atoms with Crippen molar-refractivity contribution in [2.75, 3.05) is 6.61 Å². The standard InChI is InChI=1S/C36H26N2O3S/c1-2-41-35(40)31-32(23-13-5-3-6-14-23)37-36-38(33(31)24-15-7-4-8-16-24)34(39)30(42-36)22-29-27-19-11-9-17-25(27)21-26-18-10-12-20-28(26)29/h3-22,33H,2H2,1H3/b30-22-/t33-/m0/s1. The van der Waals surface area contributed by atoms with Crippen molar-refractivity contribution in [1.29, 1.82) is 0 Å². The highest BCUT2D eigenvalue weighted by atomic mass is 32.1. The molecule has 1 atom stereocenters. The summed E-state index contributed by atoms with van der Waals surface area (Å²) < 4.78 is 7.76. The fourth-order valence-corrected chi connectivity index (χ4v) is 6.71. The number of aromatic nitrogens is 1. The predicted molar refractivity (Wildman–Crippen MR) is 169 cm³/mol. The number of rotatable bonds is 5. The Morgan fingerprint density at radius 3 is 2.10 bits per heavy atom. The summed E-state index contributed by atoms with van der Waals surface area (Å²) >= 11 is 1.34. The number of benzene rings is 5. The Bertz CT molecular complexity index is 2140. The fraction of sp³-hybridized carbons (Fsp3) is 0.0833. The zero-order chi connectivity index (χ0) is 28.6. The molecule has 1 aliphatic heterocycles. The zero-order valence-corrected chi connectivity index (χ0v) is 23.7. The van der Waals surface area contributed by atoms with Gasteiger partial charge in [-0.25, -0.2) is 9.79 Å². The van der Waals surface area contributed by atoms with Gasteiger partial charge in [-0.05, 0) is 51.7 Å². The van der Waals surface area contributed by atoms with Crippen LogP contribution in [-0.2, 0) is 9.53 Å². The predicted octanol–water partition coefficient (Wildman–Crippen LogP) is 6.24. The van der Waals surface area contributed by atoms with E-state index in [9.17, 15) is 9.59 Å². The van der Waals surface area contributed by atoms with E-state index < -0.39 is 12.0 Å². The van der Waals surface area contributed by atoms with Crippen molar-refractivity contribution in [3.05, 3.63) is 157 Å². The monoisotopic (exact) mass is 566 g/mol. The summed E-state index contributed by atoms with van der Waals surface area (Å²) in [4.78, 5) is 33.5. The molecule has 7 rings (SSSR count). The Morgan fingerprint density at radius 1 is 0.857 bits per heavy atom. The van der Waals surface area contributed by atoms with Gasteiger partial charge in [-0.1, -0.05) is 121 Å². The smallest absolute Gasteiger partial charge is 0.338 e. The SMILES string of the molecule is CCOC(=O)C1=C(c2ccccc2)N=c2s/c(=C\c3c4ccccc4cc4ccccc34)c(=O)n2[C@H]1c1ccccc1. The van der Waals surface area contributed by atoms with Crippen LogP contribution >= 0.6 is 11.3 Å². The van der Waals surface area contributed by atoms with E-state index in [1.807, 2.05) is 91.0 Å². The molecule has 0 aliphatic carbocycles. The maximum atomic E-state index is 14.4. The first-order valence-electron chi connectivity index (χ1n) is 13.9. The lowest BCUT2D eigenvalue weighted by Crippen LogP contribution is -2.40. The van der Waals surface area contributed by atoms with Crippen molar-refractivity contribution >= 4 is 50.6 Å². The lowest BCUT2D eigenvalue weighted by Gasteiger charge is -2.25. The van der Waals surface area contributed by atoms with Gasteiger partial charge < -0.3 is 4.74 Å². The summed E-state index contributed by atoms with van der Waals surface area (Å²) in [6.07, 6.45) is 1.98. The molecular formula is C36H26N2O3S. The number of carbonyl (C=O) groups excluding carboxylic acids is 1. The van der Waals surface area contributed by atoms with Crippen LogP contribution in [0.5, 0.6) is 0 Å². The number of esters is 1. The molecular weight excluding hydrogens is 540 g/mol. The van der Waals surface area contributed by atoms with Gasteiger partial charge in [-0.3, -0.25) is 9.36 Å². The maximum absolute atomic E-state index is 14.4. The highest BCUT2D eigenvalue weighted by molar-refractivity contribution is 7.07. The molecule has 0 N–H and O–H groups in total. The van der Waals surface area contributed by atoms with E-state index in [1.165, 1.54) is 11.3 Å². The van der Waals surface area contributed by atoms with E-state index in [0.29, 0.717) is 20.6 Å². The van der Waals surface area contributed by atoms with E-state index in [4.69, 9.17) is 9.73 Å². The summed E-state index contributed by atoms with van der Waals surface area (Å²) in [5.74, 6) is -0.483. The van der Waals surface area contributed by atoms with Gasteiger partial charge in [0.2, 0.25) is 0 Å². The van der Waals surface area contributed by atoms with Crippen LogP contribution in [0.15, 0.2) is 131 Å². The molecule has 0 saturated heterocycles. The van der Waals surface area contributed by atoms with Gasteiger partial charge in [0.05, 0.1) is 28.5 Å². The summed E-state index contributed by atoms with van der Waals surface area (Å²) in [7, 11) is 0. The van der Waals surface area contributed by atoms with Crippen molar-refractivity contribution < 1.29 is 9.53 Å². The van der Waals surface area contributed by atoms with Gasteiger partial charge in [0.1, 0.15) is 0 Å². The second kappa shape index (κ2) is 10.7. The third-order valence-corrected chi connectivity index (χ3v) is 8.56. The zero-order valence-electron chi connectivity index (χ0n) is 22.9. The second-order valence-electron chi connectivity index (χ2n) is 10.1. The van der Waals surface area contributed by atoms with Crippen LogP contribution in [0.4, 0.5) is 0 Å². The molecule has 204 valence electrons. The topological polar surface area (TPSA) is 60.7 Å². The van der Waals surface area contributed by atoms with E-state index in [0.717, 1.165) is 38.2 Å². The highest BCUT2D eigenvalue weighted by Gasteiger charge is 2.35. The number of nitrogens with zero attached hydrogens (tertiary/aromatic N) is 2. The van der Waals surface area contributed by atoms with E-state index in [-0.39, 0.29) is 12.2 Å². The third-order valence-electron chi connectivity index (χ3n) is 7.58. The Balaban J connectivity index is 1.56. The summed E-state index contributed by atoms with van der Waals surface area (Å²) in [6.45, 7) is 1.99. The molecule has 0 spiro atoms. The molecule has 6 aromatic rings. The second-order valence-corrected chi connectivity index (χ2v) is 11.1. The number of ether oxygens (including phenoxy) is 1. The summed E-state index contributed by atoms with van der Waals surface area (Å²) in [5, 5.41) is 4.35. The third kappa shape index (κ3) is 4.37. The minimum atomic E-state index is -0.692. The van der Waals surface area contributed by atoms with E-state index in [1.54, 1.807) is 11.5 Å². The van der Waals surface area contributed by atoms with Crippen molar-refractivity contribution in [3.8, 4) is 0 Å². The number of carbonyl (C=O) groups is 1. The molecule has 42 heavy (non-hydrogen) atoms. The van der Waals surface area contributed by atoms with Crippen LogP contribution in [0.25, 0.3) is 33.3 Å². The van der Waals surface area contributed by atoms with E-state index in [2.05, 4.69) is 30.3 Å². The van der Waals surface area contributed by atoms with Crippen LogP contribution in [0.1, 0.15) is 29.7 Å². The quantitative estimate of drug-likeness (QED) is 0.183. The molecule has 1 aromatic heterocycles. The van der Waals surface area contributed by atoms with Crippen molar-refractivity contribution in [2.24, 2.45) is 4.99 Å². The number of fused-ring (bicyclic) bond motifs is 3. The molecule has 0 amide bonds. The van der Waals surface area contributed by atoms with Crippen LogP contribution in [0.3, 0.4) is 0 Å². The number of hydrogen-bond acceptors (Lipinski definition) is 5. The van der Waals surface area contributed by atoms with Gasteiger partial charge in [-0.2, -0.15) is 0 Å². The van der Waals surface area contributed by atoms with Gasteiger partial charge in [0.15, 0.2) is 4.80 Å². The molecule has 5 aromatic carbocycles. The number of thiazole rings is 1. The molecule has 0 radical (unpaired) electrons. The lowest BCUT2D eigenvalue weighted by atomic mass is 9.93. The summed E-state index contributed by atoms with van der Waals surface area (Å²) in [6, 6.07) is 37.2. The first-order valence-corrected chi connectivity index (χ1v) is 14.7. The van der Waals surface area contributed by atoms with Crippen molar-refractivity contribution in [1.82, 2.24) is 4.57 Å². The molecule has 2 heterocycles. The number of hydrogen-bond donors (Lipinski definition) is 0. The average molecular weight is 567 g/mol. The molecule has 0 bridgehead atoms. The lowest BCUT2D eigenvalue weighted by molar-refractivity contribution is -0.138. The Labute approximate surface area is 246 Å². The average Bonchev–Trinajstić information content (AvgIpc) is 3.35. The molecule has 6 heteroatoms. The van der Waals surface area contributed by atoms with Crippen LogP contribution in [0.2, 0.25) is 0 Å². The van der Waals surface area contributed by atoms with Crippen LogP contribution in [0, 0.1) is 0 Å². The van der Waals surface area contributed by atoms with Gasteiger partial charge in [0, 0.05) is 5.56 Å². The molecule has 0 fully saturated rings. The summed E-state index contributed by atoms with van der Waals surface area (Å²) in [5.41, 5.74) is 3.26. The van der Waals surface area contributed by atoms with E-state index >= 15 is 0 Å². The largest absolute Gasteiger partial charge is 0.463 e. The van der Waals surface area contributed by atoms with Gasteiger partial charge >= 0.3 is 5.97 Å². The first-order chi connectivity index (χ1) is 20.6. The molecule has 5 nitrogen and oxygen atoms in total. The Hall–Kier alpha value is -5.07. The molecule has 1 aliphatic rings. The van der Waals surface area contributed by atoms with Crippen LogP contribution < -0.4 is 14.9 Å². The normalized spacial score (nSPS) is 15.1. The highest BCUT2D eigenvalue weighted by Crippen LogP contribution is 2.35. The van der Waals surface area contributed by atoms with Crippen molar-refractivity contribution in [2.45, 2.75) is 13.0 Å². The van der Waals surface area contributed by atoms with Gasteiger partial charge in [0.25, 0.3) is 5.56 Å². The fourth-order valence-electron chi connectivity index (χ4n) is 5.73. The molecule has 0 saturated carbocycles. The minimum Gasteiger partial charge on any atom is -0.463 e. The first kappa shape index (κ1) is 25.9. The maximum Gasteiger partial charge on any atom is 0.338 e.